The van der Waals surface area contributed by atoms with E-state index in [0.29, 0.717) is 12.2 Å². The van der Waals surface area contributed by atoms with Crippen LogP contribution in [-0.4, -0.2) is 55.3 Å². The van der Waals surface area contributed by atoms with Crippen molar-refractivity contribution in [3.8, 4) is 16.9 Å². The first-order valence-corrected chi connectivity index (χ1v) is 10.9. The zero-order valence-corrected chi connectivity index (χ0v) is 18.7. The summed E-state index contributed by atoms with van der Waals surface area (Å²) in [4.78, 5) is 33.8. The number of pyridine rings is 1. The zero-order chi connectivity index (χ0) is 22.7. The van der Waals surface area contributed by atoms with E-state index in [2.05, 4.69) is 16.4 Å². The Morgan fingerprint density at radius 2 is 1.88 bits per heavy atom. The molecule has 2 atom stereocenters. The maximum absolute atomic E-state index is 12.5. The van der Waals surface area contributed by atoms with Crippen LogP contribution in [0.25, 0.3) is 11.1 Å². The molecule has 170 valence electrons. The van der Waals surface area contributed by atoms with Crippen LogP contribution in [0.15, 0.2) is 36.5 Å². The van der Waals surface area contributed by atoms with Gasteiger partial charge in [0.05, 0.1) is 32.2 Å². The smallest absolute Gasteiger partial charge is 0.249 e. The first-order valence-electron chi connectivity index (χ1n) is 10.9. The second-order valence-electron chi connectivity index (χ2n) is 8.30. The maximum atomic E-state index is 12.5. The van der Waals surface area contributed by atoms with Gasteiger partial charge in [-0.25, -0.2) is 10.0 Å². The summed E-state index contributed by atoms with van der Waals surface area (Å²) in [5.41, 5.74) is 3.01. The Bertz CT molecular complexity index is 989. The summed E-state index contributed by atoms with van der Waals surface area (Å²) in [5, 5.41) is 4.00. The van der Waals surface area contributed by atoms with E-state index in [4.69, 9.17) is 14.3 Å². The standard InChI is InChI=1S/C24H29N3O5/c1-15-12-16(4-5-21(15)32-18-7-10-31-11-8-18)17-6-9-25-22(13-17)26-23(28)19-14-20(19)24(29)27(2)30-3/h4-6,9,12-13,18-20H,7-8,10-11,14H2,1-3H3,(H,25,26,28)/t19?,20-/m1/s1. The molecule has 1 aromatic carbocycles. The highest BCUT2D eigenvalue weighted by atomic mass is 16.7. The van der Waals surface area contributed by atoms with E-state index < -0.39 is 0 Å². The molecule has 32 heavy (non-hydrogen) atoms. The summed E-state index contributed by atoms with van der Waals surface area (Å²) in [6.07, 6.45) is 4.19. The van der Waals surface area contributed by atoms with E-state index in [1.807, 2.05) is 31.2 Å². The Labute approximate surface area is 187 Å². The van der Waals surface area contributed by atoms with E-state index in [1.54, 1.807) is 13.2 Å². The number of rotatable bonds is 7. The Balaban J connectivity index is 1.40. The van der Waals surface area contributed by atoms with Crippen molar-refractivity contribution in [2.45, 2.75) is 32.3 Å². The number of nitrogens with one attached hydrogen (secondary N) is 1. The number of nitrogens with zero attached hydrogens (tertiary/aromatic N) is 2. The third kappa shape index (κ3) is 5.08. The molecular formula is C24H29N3O5. The number of aromatic nitrogens is 1. The lowest BCUT2D eigenvalue weighted by Crippen LogP contribution is -2.29. The van der Waals surface area contributed by atoms with Crippen LogP contribution < -0.4 is 10.1 Å². The second-order valence-corrected chi connectivity index (χ2v) is 8.30. The summed E-state index contributed by atoms with van der Waals surface area (Å²) in [7, 11) is 2.97. The van der Waals surface area contributed by atoms with Crippen molar-refractivity contribution in [1.82, 2.24) is 10.0 Å². The van der Waals surface area contributed by atoms with Crippen molar-refractivity contribution in [2.24, 2.45) is 11.8 Å². The van der Waals surface area contributed by atoms with Gasteiger partial charge in [0.15, 0.2) is 0 Å². The Morgan fingerprint density at radius 1 is 1.12 bits per heavy atom. The summed E-state index contributed by atoms with van der Waals surface area (Å²) in [6, 6.07) is 9.82. The molecule has 1 saturated heterocycles. The van der Waals surface area contributed by atoms with Crippen LogP contribution in [0.2, 0.25) is 0 Å². The molecule has 1 saturated carbocycles. The molecule has 0 radical (unpaired) electrons. The number of carbonyl (C=O) groups excluding carboxylic acids is 2. The lowest BCUT2D eigenvalue weighted by Gasteiger charge is -2.24. The minimum Gasteiger partial charge on any atom is -0.490 e. The molecule has 0 bridgehead atoms. The van der Waals surface area contributed by atoms with E-state index in [9.17, 15) is 9.59 Å². The van der Waals surface area contributed by atoms with Gasteiger partial charge in [0, 0.05) is 26.1 Å². The number of aryl methyl sites for hydroxylation is 1. The minimum absolute atomic E-state index is 0.187. The van der Waals surface area contributed by atoms with Crippen molar-refractivity contribution in [3.05, 3.63) is 42.1 Å². The van der Waals surface area contributed by atoms with Gasteiger partial charge in [-0.1, -0.05) is 6.07 Å². The molecular weight excluding hydrogens is 410 g/mol. The van der Waals surface area contributed by atoms with Gasteiger partial charge in [0.2, 0.25) is 11.8 Å². The van der Waals surface area contributed by atoms with Gasteiger partial charge in [0.25, 0.3) is 0 Å². The lowest BCUT2D eigenvalue weighted by molar-refractivity contribution is -0.170. The molecule has 1 aliphatic carbocycles. The number of benzene rings is 1. The van der Waals surface area contributed by atoms with Gasteiger partial charge in [-0.05, 0) is 54.3 Å². The van der Waals surface area contributed by atoms with Gasteiger partial charge in [-0.2, -0.15) is 0 Å². The van der Waals surface area contributed by atoms with Crippen LogP contribution in [0, 0.1) is 18.8 Å². The van der Waals surface area contributed by atoms with Crippen LogP contribution in [-0.2, 0) is 19.2 Å². The number of hydroxylamine groups is 2. The monoisotopic (exact) mass is 439 g/mol. The Morgan fingerprint density at radius 3 is 2.59 bits per heavy atom. The molecule has 2 aliphatic rings. The molecule has 2 heterocycles. The van der Waals surface area contributed by atoms with Crippen LogP contribution in [0.4, 0.5) is 5.82 Å². The Kier molecular flexibility index (Phi) is 6.72. The Hall–Kier alpha value is -2.97. The predicted octanol–water partition coefficient (Wildman–Crippen LogP) is 3.21. The normalized spacial score (nSPS) is 20.5. The largest absolute Gasteiger partial charge is 0.490 e. The predicted molar refractivity (Wildman–Crippen MR) is 119 cm³/mol. The number of hydrogen-bond acceptors (Lipinski definition) is 6. The molecule has 1 aliphatic heterocycles. The molecule has 2 aromatic rings. The van der Waals surface area contributed by atoms with Gasteiger partial charge in [0.1, 0.15) is 17.7 Å². The number of amides is 2. The summed E-state index contributed by atoms with van der Waals surface area (Å²) in [6.45, 7) is 3.52. The van der Waals surface area contributed by atoms with Gasteiger partial charge >= 0.3 is 0 Å². The molecule has 8 heteroatoms. The van der Waals surface area contributed by atoms with Crippen molar-refractivity contribution in [2.75, 3.05) is 32.7 Å². The van der Waals surface area contributed by atoms with Crippen LogP contribution in [0.3, 0.4) is 0 Å². The van der Waals surface area contributed by atoms with E-state index in [1.165, 1.54) is 7.11 Å². The molecule has 0 spiro atoms. The molecule has 2 amide bonds. The van der Waals surface area contributed by atoms with Gasteiger partial charge in [-0.3, -0.25) is 14.4 Å². The number of ether oxygens (including phenoxy) is 2. The van der Waals surface area contributed by atoms with E-state index >= 15 is 0 Å². The third-order valence-corrected chi connectivity index (χ3v) is 6.01. The first kappa shape index (κ1) is 22.2. The van der Waals surface area contributed by atoms with Crippen LogP contribution in [0.5, 0.6) is 5.75 Å². The SMILES string of the molecule is CON(C)C(=O)[C@@H]1CC1C(=O)Nc1cc(-c2ccc(OC3CCOCC3)c(C)c2)ccn1. The quantitative estimate of drug-likeness (QED) is 0.667. The number of hydrogen-bond donors (Lipinski definition) is 1. The molecule has 4 rings (SSSR count). The second kappa shape index (κ2) is 9.67. The average Bonchev–Trinajstić information content (AvgIpc) is 3.61. The third-order valence-electron chi connectivity index (χ3n) is 6.01. The molecule has 1 unspecified atom stereocenters. The van der Waals surface area contributed by atoms with Crippen molar-refractivity contribution < 1.29 is 23.9 Å². The van der Waals surface area contributed by atoms with Gasteiger partial charge < -0.3 is 14.8 Å². The topological polar surface area (TPSA) is 90.0 Å². The average molecular weight is 440 g/mol. The fourth-order valence-corrected chi connectivity index (χ4v) is 3.91. The fourth-order valence-electron chi connectivity index (χ4n) is 3.91. The molecule has 1 N–H and O–H groups in total. The van der Waals surface area contributed by atoms with Crippen LogP contribution in [0.1, 0.15) is 24.8 Å². The summed E-state index contributed by atoms with van der Waals surface area (Å²) >= 11 is 0. The van der Waals surface area contributed by atoms with Crippen molar-refractivity contribution in [3.63, 3.8) is 0 Å². The van der Waals surface area contributed by atoms with Gasteiger partial charge in [-0.15, -0.1) is 0 Å². The van der Waals surface area contributed by atoms with Crippen LogP contribution >= 0.6 is 0 Å². The fraction of sp³-hybridized carbons (Fsp3) is 0.458. The lowest BCUT2D eigenvalue weighted by atomic mass is 10.0. The minimum atomic E-state index is -0.352. The van der Waals surface area contributed by atoms with Crippen molar-refractivity contribution >= 4 is 17.6 Å². The van der Waals surface area contributed by atoms with E-state index in [-0.39, 0.29) is 29.8 Å². The first-order chi connectivity index (χ1) is 15.5. The number of carbonyl (C=O) groups is 2. The molecule has 2 fully saturated rings. The molecule has 8 nitrogen and oxygen atoms in total. The highest BCUT2D eigenvalue weighted by Gasteiger charge is 2.49. The van der Waals surface area contributed by atoms with Crippen molar-refractivity contribution in [1.29, 1.82) is 0 Å². The summed E-state index contributed by atoms with van der Waals surface area (Å²) < 4.78 is 11.5. The number of anilines is 1. The zero-order valence-electron chi connectivity index (χ0n) is 18.7. The summed E-state index contributed by atoms with van der Waals surface area (Å²) in [5.74, 6) is 0.268. The highest BCUT2D eigenvalue weighted by Crippen LogP contribution is 2.40. The van der Waals surface area contributed by atoms with E-state index in [0.717, 1.165) is 53.6 Å². The maximum Gasteiger partial charge on any atom is 0.249 e. The highest BCUT2D eigenvalue weighted by molar-refractivity contribution is 5.99. The molecule has 1 aromatic heterocycles.